The van der Waals surface area contributed by atoms with E-state index in [0.29, 0.717) is 77.7 Å². The maximum Gasteiger partial charge on any atom is 0.228 e. The van der Waals surface area contributed by atoms with Crippen molar-refractivity contribution in [2.75, 3.05) is 63.0 Å². The number of hydrogen-bond donors (Lipinski definition) is 6. The zero-order chi connectivity index (χ0) is 48.1. The van der Waals surface area contributed by atoms with Crippen LogP contribution in [0.5, 0.6) is 0 Å². The van der Waals surface area contributed by atoms with Crippen molar-refractivity contribution in [3.05, 3.63) is 104 Å². The molecule has 6 N–H and O–H groups in total. The molecule has 2 aliphatic rings. The van der Waals surface area contributed by atoms with E-state index in [0.717, 1.165) is 73.8 Å². The van der Waals surface area contributed by atoms with Gasteiger partial charge in [-0.3, -0.25) is 24.0 Å². The summed E-state index contributed by atoms with van der Waals surface area (Å²) in [5, 5.41) is 11.2. The SMILES string of the molecule is C.CCN(CC)CCNC(=O)c1c(C)[nH]c(/C=C2\C(=O)Nc3ccc(F)cc32)c1C.CCN(CC)CCNC(=O)c1c(C)[nH]c(C=O)c1C.II.I[I-]I.O=C1Cc2cc(F)ccc2N1. The molecule has 0 saturated carbocycles. The number of aromatic nitrogens is 2. The van der Waals surface area contributed by atoms with Gasteiger partial charge >= 0.3 is 50.5 Å². The summed E-state index contributed by atoms with van der Waals surface area (Å²) in [6.45, 7) is 22.3. The Morgan fingerprint density at radius 3 is 1.65 bits per heavy atom. The maximum absolute atomic E-state index is 13.7. The predicted octanol–water partition coefficient (Wildman–Crippen LogP) is 7.35. The van der Waals surface area contributed by atoms with Crippen molar-refractivity contribution in [3.8, 4) is 0 Å². The minimum Gasteiger partial charge on any atom is -0.326 e. The number of halogens is 7. The molecule has 4 heterocycles. The Bertz CT molecular complexity index is 2240. The Kier molecular flexibility index (Phi) is 29.6. The predicted molar refractivity (Wildman–Crippen MR) is 291 cm³/mol. The molecule has 0 unspecified atom stereocenters. The molecular formula is C45H60F2I5N8O5-. The standard InChI is InChI=1S/C22H27FN4O2.C14H23N3O2.C8H6FNO.CH4.I3.I2/c1-5-27(6-2)10-9-24-22(29)20-13(3)19(25-14(20)4)12-17-16-11-15(23)7-8-18(16)26-21(17)28;1-5-17(6-2)8-7-15-14(19)13-10(3)12(9-18)16-11(13)4;9-6-1-2-7-5(3-6)4-8(11)10-7;;1-3-2;1-2/h7-8,11-12,25H,5-6,9-10H2,1-4H3,(H,24,29)(H,26,28);9,16H,5-8H2,1-4H3,(H,15,19);1-3H,4H2,(H,10,11);1H4;;/q;;;;-1;/b17-12-;;;;;. The smallest absolute Gasteiger partial charge is 0.228 e. The molecule has 13 nitrogen and oxygen atoms in total. The third-order valence-electron chi connectivity index (χ3n) is 10.5. The van der Waals surface area contributed by atoms with E-state index < -0.39 is 5.82 Å². The van der Waals surface area contributed by atoms with Gasteiger partial charge in [-0.15, -0.1) is 0 Å². The van der Waals surface area contributed by atoms with Crippen LogP contribution in [0.4, 0.5) is 20.2 Å². The van der Waals surface area contributed by atoms with Crippen LogP contribution in [-0.2, 0) is 16.0 Å². The molecule has 2 aliphatic heterocycles. The number of likely N-dealkylation sites (N-methyl/N-ethyl adjacent to an activating group) is 2. The summed E-state index contributed by atoms with van der Waals surface area (Å²) < 4.78 is 26.2. The fraction of sp³-hybridized carbons (Fsp3) is 0.400. The topological polar surface area (TPSA) is 172 Å². The number of amides is 4. The van der Waals surface area contributed by atoms with E-state index in [4.69, 9.17) is 0 Å². The Balaban J connectivity index is 0.000000502. The summed E-state index contributed by atoms with van der Waals surface area (Å²) in [4.78, 5) is 69.4. The van der Waals surface area contributed by atoms with E-state index in [1.54, 1.807) is 32.1 Å². The van der Waals surface area contributed by atoms with Gasteiger partial charge in [0.15, 0.2) is 6.29 Å². The first-order valence-corrected chi connectivity index (χ1v) is 39.2. The molecule has 0 radical (unpaired) electrons. The minimum atomic E-state index is -0.404. The number of H-pyrrole nitrogens is 2. The van der Waals surface area contributed by atoms with E-state index in [9.17, 15) is 32.8 Å². The van der Waals surface area contributed by atoms with E-state index >= 15 is 0 Å². The minimum absolute atomic E-state index is 0. The number of rotatable bonds is 14. The summed E-state index contributed by atoms with van der Waals surface area (Å²) >= 11 is 9.54. The number of aldehydes is 1. The number of anilines is 2. The summed E-state index contributed by atoms with van der Waals surface area (Å²) in [7, 11) is 0. The van der Waals surface area contributed by atoms with Crippen LogP contribution in [0.2, 0.25) is 0 Å². The van der Waals surface area contributed by atoms with Gasteiger partial charge in [-0.2, -0.15) is 0 Å². The average molecular weight is 1470 g/mol. The number of nitrogens with one attached hydrogen (secondary N) is 6. The zero-order valence-corrected chi connectivity index (χ0v) is 47.9. The van der Waals surface area contributed by atoms with Crippen LogP contribution in [0.15, 0.2) is 36.4 Å². The van der Waals surface area contributed by atoms with Crippen molar-refractivity contribution in [1.29, 1.82) is 0 Å². The van der Waals surface area contributed by atoms with E-state index in [-0.39, 0.29) is 36.9 Å². The molecule has 2 aromatic heterocycles. The summed E-state index contributed by atoms with van der Waals surface area (Å²) in [6, 6.07) is 8.50. The molecule has 0 fully saturated rings. The van der Waals surface area contributed by atoms with Crippen molar-refractivity contribution < 1.29 is 46.0 Å². The molecule has 0 aliphatic carbocycles. The average Bonchev–Trinajstić information content (AvgIpc) is 3.98. The molecule has 0 saturated heterocycles. The fourth-order valence-corrected chi connectivity index (χ4v) is 7.05. The first-order valence-electron chi connectivity index (χ1n) is 20.3. The third kappa shape index (κ3) is 18.3. The zero-order valence-electron chi connectivity index (χ0n) is 37.1. The van der Waals surface area contributed by atoms with Crippen molar-refractivity contribution in [2.24, 2.45) is 0 Å². The number of hydrogen-bond acceptors (Lipinski definition) is 7. The summed E-state index contributed by atoms with van der Waals surface area (Å²) in [5.74, 6) is -1.31. The van der Waals surface area contributed by atoms with Gasteiger partial charge in [-0.25, -0.2) is 8.78 Å². The van der Waals surface area contributed by atoms with Gasteiger partial charge in [0.25, 0.3) is 17.7 Å². The molecule has 0 atom stereocenters. The van der Waals surface area contributed by atoms with Crippen LogP contribution in [0.1, 0.15) is 106 Å². The van der Waals surface area contributed by atoms with Gasteiger partial charge in [-0.1, -0.05) is 35.1 Å². The van der Waals surface area contributed by atoms with Crippen molar-refractivity contribution in [1.82, 2.24) is 30.4 Å². The number of carbonyl (C=O) groups excluding carboxylic acids is 5. The number of carbonyl (C=O) groups is 5. The van der Waals surface area contributed by atoms with Crippen LogP contribution in [0.3, 0.4) is 0 Å². The molecule has 2 aromatic carbocycles. The van der Waals surface area contributed by atoms with Gasteiger partial charge < -0.3 is 41.0 Å². The monoisotopic (exact) mass is 1460 g/mol. The number of aromatic amines is 2. The van der Waals surface area contributed by atoms with Crippen LogP contribution in [0.25, 0.3) is 11.6 Å². The van der Waals surface area contributed by atoms with Gasteiger partial charge in [0.1, 0.15) is 11.6 Å². The van der Waals surface area contributed by atoms with Crippen molar-refractivity contribution in [2.45, 2.75) is 69.2 Å². The van der Waals surface area contributed by atoms with E-state index in [1.165, 1.54) is 24.3 Å². The van der Waals surface area contributed by atoms with Gasteiger partial charge in [-0.05, 0) is 113 Å². The second kappa shape index (κ2) is 31.7. The van der Waals surface area contributed by atoms with Crippen LogP contribution in [0, 0.1) is 39.3 Å². The van der Waals surface area contributed by atoms with Crippen LogP contribution in [-0.4, -0.2) is 102 Å². The molecule has 4 amide bonds. The second-order valence-corrected chi connectivity index (χ2v) is 30.5. The Morgan fingerprint density at radius 1 is 0.738 bits per heavy atom. The fourth-order valence-electron chi connectivity index (χ4n) is 7.05. The Hall–Kier alpha value is -2.28. The van der Waals surface area contributed by atoms with Crippen LogP contribution >= 0.6 is 74.5 Å². The maximum atomic E-state index is 13.7. The Labute approximate surface area is 435 Å². The van der Waals surface area contributed by atoms with Gasteiger partial charge in [0.2, 0.25) is 5.91 Å². The van der Waals surface area contributed by atoms with E-state index in [1.807, 2.05) is 13.8 Å². The summed E-state index contributed by atoms with van der Waals surface area (Å²) in [5.41, 5.74) is 8.20. The van der Waals surface area contributed by atoms with Gasteiger partial charge in [0.05, 0.1) is 28.8 Å². The molecule has 4 aromatic rings. The number of aryl methyl sites for hydroxylation is 2. The molecule has 65 heavy (non-hydrogen) atoms. The molecular weight excluding hydrogens is 1410 g/mol. The molecule has 0 bridgehead atoms. The molecule has 0 spiro atoms. The molecule has 6 rings (SSSR count). The van der Waals surface area contributed by atoms with E-state index in [2.05, 4.69) is 143 Å². The Morgan fingerprint density at radius 2 is 1.18 bits per heavy atom. The van der Waals surface area contributed by atoms with Crippen molar-refractivity contribution >= 4 is 127 Å². The molecule has 360 valence electrons. The number of fused-ring (bicyclic) bond motifs is 2. The quantitative estimate of drug-likeness (QED) is 0.0436. The summed E-state index contributed by atoms with van der Waals surface area (Å²) in [6.07, 6.45) is 2.72. The number of benzene rings is 2. The van der Waals surface area contributed by atoms with Crippen molar-refractivity contribution in [3.63, 3.8) is 0 Å². The van der Waals surface area contributed by atoms with Gasteiger partial charge in [0, 0.05) is 97.4 Å². The first kappa shape index (κ1) is 60.7. The first-order chi connectivity index (χ1) is 30.6. The normalized spacial score (nSPS) is 12.5. The second-order valence-electron chi connectivity index (χ2n) is 14.3. The number of nitrogens with zero attached hydrogens (tertiary/aromatic N) is 2. The van der Waals surface area contributed by atoms with Crippen LogP contribution < -0.4 is 34.5 Å². The molecule has 20 heteroatoms. The largest absolute Gasteiger partial charge is 0.326 e. The third-order valence-corrected chi connectivity index (χ3v) is 10.5.